The fourth-order valence-corrected chi connectivity index (χ4v) is 2.13. The molecule has 0 aromatic heterocycles. The molecule has 0 spiro atoms. The van der Waals surface area contributed by atoms with Crippen LogP contribution in [0.4, 0.5) is 13.2 Å². The Kier molecular flexibility index (Phi) is 7.95. The van der Waals surface area contributed by atoms with Crippen LogP contribution in [0, 0.1) is 0 Å². The molecule has 1 aromatic carbocycles. The van der Waals surface area contributed by atoms with Crippen LogP contribution in [0.5, 0.6) is 0 Å². The van der Waals surface area contributed by atoms with Gasteiger partial charge in [0, 0.05) is 17.7 Å². The summed E-state index contributed by atoms with van der Waals surface area (Å²) < 4.78 is 36.5. The molecule has 27 heavy (non-hydrogen) atoms. The number of aliphatic carboxylic acids is 1. The normalized spacial score (nSPS) is 12.1. The maximum atomic E-state index is 12.2. The molecule has 1 aromatic rings. The van der Waals surface area contributed by atoms with E-state index < -0.39 is 30.0 Å². The Morgan fingerprint density at radius 2 is 1.59 bits per heavy atom. The zero-order valence-corrected chi connectivity index (χ0v) is 14.4. The molecule has 1 atom stereocenters. The van der Waals surface area contributed by atoms with Crippen LogP contribution in [0.1, 0.15) is 46.9 Å². The highest BCUT2D eigenvalue weighted by atomic mass is 19.4. The number of Topliss-reactive ketones (excluding diaryl/α,β-unsaturated/α-hetero) is 1. The minimum atomic E-state index is -5.15. The molecular formula is C17H19F3N2O5. The van der Waals surface area contributed by atoms with Crippen LogP contribution in [-0.4, -0.2) is 47.4 Å². The van der Waals surface area contributed by atoms with E-state index in [0.717, 1.165) is 0 Å². The summed E-state index contributed by atoms with van der Waals surface area (Å²) in [6.45, 7) is 1.57. The molecule has 148 valence electrons. The van der Waals surface area contributed by atoms with Gasteiger partial charge in [0.2, 0.25) is 0 Å². The van der Waals surface area contributed by atoms with Crippen molar-refractivity contribution in [2.45, 2.75) is 38.4 Å². The second-order valence-corrected chi connectivity index (χ2v) is 5.75. The predicted octanol–water partition coefficient (Wildman–Crippen LogP) is 1.92. The third-order valence-electron chi connectivity index (χ3n) is 3.62. The van der Waals surface area contributed by atoms with Crippen LogP contribution in [0.25, 0.3) is 0 Å². The third kappa shape index (κ3) is 7.47. The van der Waals surface area contributed by atoms with E-state index in [1.54, 1.807) is 0 Å². The van der Waals surface area contributed by atoms with Crippen LogP contribution < -0.4 is 10.6 Å². The van der Waals surface area contributed by atoms with E-state index in [1.165, 1.54) is 36.5 Å². The number of carbonyl (C=O) groups excluding carboxylic acids is 3. The zero-order chi connectivity index (χ0) is 20.6. The first-order valence-electron chi connectivity index (χ1n) is 8.02. The molecule has 0 radical (unpaired) electrons. The van der Waals surface area contributed by atoms with Crippen LogP contribution in [-0.2, 0) is 9.59 Å². The van der Waals surface area contributed by atoms with Gasteiger partial charge in [-0.2, -0.15) is 13.2 Å². The van der Waals surface area contributed by atoms with Crippen molar-refractivity contribution in [2.75, 3.05) is 6.54 Å². The SMILES string of the molecule is CC(=O)c1ccc(C(=O)NCCCCC(NC(=O)C(F)(F)F)C(=O)O)cc1. The highest BCUT2D eigenvalue weighted by Gasteiger charge is 2.40. The molecule has 0 bridgehead atoms. The van der Waals surface area contributed by atoms with E-state index in [0.29, 0.717) is 17.5 Å². The van der Waals surface area contributed by atoms with E-state index in [9.17, 15) is 32.3 Å². The average Bonchev–Trinajstić information content (AvgIpc) is 2.59. The maximum Gasteiger partial charge on any atom is 0.471 e. The van der Waals surface area contributed by atoms with E-state index in [-0.39, 0.29) is 25.2 Å². The Hall–Kier alpha value is -2.91. The highest BCUT2D eigenvalue weighted by molar-refractivity contribution is 5.97. The van der Waals surface area contributed by atoms with Gasteiger partial charge in [-0.25, -0.2) is 4.79 Å². The fraction of sp³-hybridized carbons (Fsp3) is 0.412. The fourth-order valence-electron chi connectivity index (χ4n) is 2.13. The topological polar surface area (TPSA) is 113 Å². The lowest BCUT2D eigenvalue weighted by Gasteiger charge is -2.15. The molecule has 0 saturated carbocycles. The molecule has 1 rings (SSSR count). The van der Waals surface area contributed by atoms with Gasteiger partial charge in [0.05, 0.1) is 0 Å². The summed E-state index contributed by atoms with van der Waals surface area (Å²) in [5.41, 5.74) is 0.799. The summed E-state index contributed by atoms with van der Waals surface area (Å²) >= 11 is 0. The van der Waals surface area contributed by atoms with Gasteiger partial charge < -0.3 is 15.7 Å². The van der Waals surface area contributed by atoms with Crippen molar-refractivity contribution in [1.29, 1.82) is 0 Å². The van der Waals surface area contributed by atoms with Crippen molar-refractivity contribution in [3.05, 3.63) is 35.4 Å². The lowest BCUT2D eigenvalue weighted by atomic mass is 10.1. The molecule has 0 heterocycles. The van der Waals surface area contributed by atoms with Crippen molar-refractivity contribution in [3.63, 3.8) is 0 Å². The quantitative estimate of drug-likeness (QED) is 0.442. The Bertz CT molecular complexity index is 702. The smallest absolute Gasteiger partial charge is 0.471 e. The van der Waals surface area contributed by atoms with E-state index >= 15 is 0 Å². The largest absolute Gasteiger partial charge is 0.480 e. The number of carboxylic acids is 1. The first kappa shape index (κ1) is 22.1. The van der Waals surface area contributed by atoms with Gasteiger partial charge in [0.15, 0.2) is 5.78 Å². The Labute approximate surface area is 152 Å². The first-order valence-corrected chi connectivity index (χ1v) is 8.02. The second-order valence-electron chi connectivity index (χ2n) is 5.75. The van der Waals surface area contributed by atoms with E-state index in [4.69, 9.17) is 5.11 Å². The maximum absolute atomic E-state index is 12.2. The monoisotopic (exact) mass is 388 g/mol. The number of amides is 2. The Morgan fingerprint density at radius 3 is 2.07 bits per heavy atom. The molecule has 1 unspecified atom stereocenters. The van der Waals surface area contributed by atoms with E-state index in [2.05, 4.69) is 5.32 Å². The van der Waals surface area contributed by atoms with E-state index in [1.807, 2.05) is 0 Å². The molecule has 7 nitrogen and oxygen atoms in total. The van der Waals surface area contributed by atoms with Gasteiger partial charge in [-0.05, 0) is 38.3 Å². The van der Waals surface area contributed by atoms with Gasteiger partial charge in [-0.1, -0.05) is 12.1 Å². The minimum absolute atomic E-state index is 0.132. The minimum Gasteiger partial charge on any atom is -0.480 e. The number of carbonyl (C=O) groups is 4. The summed E-state index contributed by atoms with van der Waals surface area (Å²) in [6.07, 6.45) is -4.87. The number of rotatable bonds is 9. The van der Waals surface area contributed by atoms with Crippen molar-refractivity contribution in [1.82, 2.24) is 10.6 Å². The molecule has 3 N–H and O–H groups in total. The summed E-state index contributed by atoms with van der Waals surface area (Å²) in [6, 6.07) is 4.34. The highest BCUT2D eigenvalue weighted by Crippen LogP contribution is 2.15. The van der Waals surface area contributed by atoms with Crippen LogP contribution >= 0.6 is 0 Å². The number of benzene rings is 1. The van der Waals surface area contributed by atoms with Crippen LogP contribution in [0.15, 0.2) is 24.3 Å². The Morgan fingerprint density at radius 1 is 1.04 bits per heavy atom. The summed E-state index contributed by atoms with van der Waals surface area (Å²) in [7, 11) is 0. The molecule has 0 aliphatic heterocycles. The number of hydrogen-bond acceptors (Lipinski definition) is 4. The summed E-state index contributed by atoms with van der Waals surface area (Å²) in [4.78, 5) is 44.8. The molecule has 2 amide bonds. The number of unbranched alkanes of at least 4 members (excludes halogenated alkanes) is 1. The standard InChI is InChI=1S/C17H19F3N2O5/c1-10(23)11-5-7-12(8-6-11)14(24)21-9-3-2-4-13(15(25)26)22-16(27)17(18,19)20/h5-8,13H,2-4,9H2,1H3,(H,21,24)(H,22,27)(H,25,26). The molecule has 10 heteroatoms. The molecule has 0 aliphatic rings. The van der Waals surface area contributed by atoms with Crippen molar-refractivity contribution in [3.8, 4) is 0 Å². The number of carboxylic acid groups (broad SMARTS) is 1. The molecule has 0 aliphatic carbocycles. The third-order valence-corrected chi connectivity index (χ3v) is 3.62. The molecule has 0 saturated heterocycles. The van der Waals surface area contributed by atoms with Gasteiger partial charge >= 0.3 is 18.1 Å². The second kappa shape index (κ2) is 9.70. The van der Waals surface area contributed by atoms with Gasteiger partial charge in [0.1, 0.15) is 6.04 Å². The molecular weight excluding hydrogens is 369 g/mol. The van der Waals surface area contributed by atoms with Crippen molar-refractivity contribution >= 4 is 23.6 Å². The number of nitrogens with one attached hydrogen (secondary N) is 2. The van der Waals surface area contributed by atoms with Crippen LogP contribution in [0.3, 0.4) is 0 Å². The van der Waals surface area contributed by atoms with Gasteiger partial charge in [0.25, 0.3) is 5.91 Å². The van der Waals surface area contributed by atoms with Crippen LogP contribution in [0.2, 0.25) is 0 Å². The average molecular weight is 388 g/mol. The summed E-state index contributed by atoms with van der Waals surface area (Å²) in [5.74, 6) is -4.41. The number of alkyl halides is 3. The Balaban J connectivity index is 2.39. The number of halogens is 3. The molecule has 0 fully saturated rings. The lowest BCUT2D eigenvalue weighted by molar-refractivity contribution is -0.175. The van der Waals surface area contributed by atoms with Gasteiger partial charge in [-0.3, -0.25) is 14.4 Å². The first-order chi connectivity index (χ1) is 12.5. The number of ketones is 1. The summed E-state index contributed by atoms with van der Waals surface area (Å²) in [5, 5.41) is 12.9. The zero-order valence-electron chi connectivity index (χ0n) is 14.4. The number of hydrogen-bond donors (Lipinski definition) is 3. The van der Waals surface area contributed by atoms with Gasteiger partial charge in [-0.15, -0.1) is 0 Å². The van der Waals surface area contributed by atoms with Crippen molar-refractivity contribution < 1.29 is 37.5 Å². The lowest BCUT2D eigenvalue weighted by Crippen LogP contribution is -2.46. The predicted molar refractivity (Wildman–Crippen MR) is 88.3 cm³/mol. The van der Waals surface area contributed by atoms with Crippen molar-refractivity contribution in [2.24, 2.45) is 0 Å².